The first kappa shape index (κ1) is 28.1. The Morgan fingerprint density at radius 3 is 2.06 bits per heavy atom. The van der Waals surface area contributed by atoms with Gasteiger partial charge >= 0.3 is 23.9 Å². The maximum atomic E-state index is 12.5. The van der Waals surface area contributed by atoms with Gasteiger partial charge in [-0.3, -0.25) is 19.2 Å². The van der Waals surface area contributed by atoms with Crippen LogP contribution in [0.15, 0.2) is 18.2 Å². The average Bonchev–Trinajstić information content (AvgIpc) is 2.78. The standard InChI is InChI=1S/C24H35NO8/c1-7-20(26)32-18-10-9-17(13-19(18)33-21(27)8-2)14-24(25,23(29)30-6)11-12-31-22(28)16(5)15(3)4/h9-10,13,15-16H,7-8,11-12,14,25H2,1-6H3/t16-,24?/m0/s1. The number of carbonyl (C=O) groups excluding carboxylic acids is 4. The van der Waals surface area contributed by atoms with Gasteiger partial charge in [0.05, 0.1) is 19.6 Å². The lowest BCUT2D eigenvalue weighted by Crippen LogP contribution is -2.51. The third-order valence-corrected chi connectivity index (χ3v) is 5.31. The monoisotopic (exact) mass is 465 g/mol. The summed E-state index contributed by atoms with van der Waals surface area (Å²) in [4.78, 5) is 48.1. The summed E-state index contributed by atoms with van der Waals surface area (Å²) in [6.45, 7) is 8.81. The Kier molecular flexibility index (Phi) is 11.0. The van der Waals surface area contributed by atoms with Crippen LogP contribution in [0.2, 0.25) is 0 Å². The predicted molar refractivity (Wildman–Crippen MR) is 121 cm³/mol. The highest BCUT2D eigenvalue weighted by molar-refractivity contribution is 5.81. The third kappa shape index (κ3) is 8.49. The Morgan fingerprint density at radius 1 is 0.970 bits per heavy atom. The molecular formula is C24H35NO8. The van der Waals surface area contributed by atoms with Crippen molar-refractivity contribution in [3.8, 4) is 11.5 Å². The van der Waals surface area contributed by atoms with Crippen LogP contribution in [0.1, 0.15) is 59.4 Å². The first-order chi connectivity index (χ1) is 15.5. The van der Waals surface area contributed by atoms with Gasteiger partial charge in [0.1, 0.15) is 5.54 Å². The van der Waals surface area contributed by atoms with E-state index < -0.39 is 23.4 Å². The van der Waals surface area contributed by atoms with E-state index in [2.05, 4.69) is 0 Å². The lowest BCUT2D eigenvalue weighted by atomic mass is 9.88. The Bertz CT molecular complexity index is 851. The number of methoxy groups -OCH3 is 1. The van der Waals surface area contributed by atoms with E-state index in [1.807, 2.05) is 13.8 Å². The molecule has 0 spiro atoms. The van der Waals surface area contributed by atoms with E-state index in [9.17, 15) is 19.2 Å². The third-order valence-electron chi connectivity index (χ3n) is 5.31. The fourth-order valence-corrected chi connectivity index (χ4v) is 2.78. The summed E-state index contributed by atoms with van der Waals surface area (Å²) in [6, 6.07) is 4.57. The quantitative estimate of drug-likeness (QED) is 0.365. The van der Waals surface area contributed by atoms with Crippen molar-refractivity contribution in [2.45, 2.75) is 65.8 Å². The molecule has 0 aromatic heterocycles. The molecule has 0 saturated carbocycles. The number of benzene rings is 1. The second kappa shape index (κ2) is 12.9. The molecule has 0 fully saturated rings. The largest absolute Gasteiger partial charge is 0.468 e. The summed E-state index contributed by atoms with van der Waals surface area (Å²) in [6.07, 6.45) is 0.294. The molecule has 9 heteroatoms. The van der Waals surface area contributed by atoms with Crippen LogP contribution in [0.5, 0.6) is 11.5 Å². The van der Waals surface area contributed by atoms with Crippen LogP contribution in [0, 0.1) is 11.8 Å². The summed E-state index contributed by atoms with van der Waals surface area (Å²) >= 11 is 0. The molecule has 0 heterocycles. The van der Waals surface area contributed by atoms with Crippen LogP contribution < -0.4 is 15.2 Å². The molecule has 2 N–H and O–H groups in total. The zero-order valence-electron chi connectivity index (χ0n) is 20.3. The van der Waals surface area contributed by atoms with Crippen molar-refractivity contribution in [2.75, 3.05) is 13.7 Å². The fraction of sp³-hybridized carbons (Fsp3) is 0.583. The van der Waals surface area contributed by atoms with E-state index >= 15 is 0 Å². The van der Waals surface area contributed by atoms with E-state index in [1.165, 1.54) is 19.2 Å². The fourth-order valence-electron chi connectivity index (χ4n) is 2.78. The molecule has 0 bridgehead atoms. The lowest BCUT2D eigenvalue weighted by Gasteiger charge is -2.27. The molecule has 1 unspecified atom stereocenters. The first-order valence-electron chi connectivity index (χ1n) is 11.1. The second-order valence-electron chi connectivity index (χ2n) is 8.21. The summed E-state index contributed by atoms with van der Waals surface area (Å²) in [5.41, 5.74) is 5.41. The second-order valence-corrected chi connectivity index (χ2v) is 8.21. The van der Waals surface area contributed by atoms with Crippen LogP contribution in [0.3, 0.4) is 0 Å². The van der Waals surface area contributed by atoms with E-state index in [-0.39, 0.29) is 61.6 Å². The van der Waals surface area contributed by atoms with E-state index in [0.29, 0.717) is 5.56 Å². The molecule has 0 aliphatic rings. The van der Waals surface area contributed by atoms with Gasteiger partial charge < -0.3 is 24.7 Å². The molecule has 9 nitrogen and oxygen atoms in total. The SMILES string of the molecule is CCC(=O)Oc1ccc(CC(N)(CCOC(=O)[C@@H](C)C(C)C)C(=O)OC)cc1OC(=O)CC. The molecule has 0 aliphatic carbocycles. The minimum Gasteiger partial charge on any atom is -0.468 e. The molecule has 184 valence electrons. The maximum Gasteiger partial charge on any atom is 0.326 e. The summed E-state index contributed by atoms with van der Waals surface area (Å²) in [7, 11) is 1.22. The van der Waals surface area contributed by atoms with Gasteiger partial charge in [0, 0.05) is 25.7 Å². The van der Waals surface area contributed by atoms with Gasteiger partial charge in [-0.15, -0.1) is 0 Å². The summed E-state index contributed by atoms with van der Waals surface area (Å²) < 4.78 is 20.7. The maximum absolute atomic E-state index is 12.5. The van der Waals surface area contributed by atoms with Crippen molar-refractivity contribution in [3.05, 3.63) is 23.8 Å². The van der Waals surface area contributed by atoms with Crippen LogP contribution in [-0.2, 0) is 35.1 Å². The molecule has 1 rings (SSSR count). The summed E-state index contributed by atoms with van der Waals surface area (Å²) in [5, 5.41) is 0. The number of hydrogen-bond acceptors (Lipinski definition) is 9. The van der Waals surface area contributed by atoms with Crippen molar-refractivity contribution in [1.29, 1.82) is 0 Å². The Morgan fingerprint density at radius 2 is 1.55 bits per heavy atom. The molecule has 2 atom stereocenters. The van der Waals surface area contributed by atoms with Crippen molar-refractivity contribution in [3.63, 3.8) is 0 Å². The first-order valence-corrected chi connectivity index (χ1v) is 11.1. The molecule has 0 radical (unpaired) electrons. The average molecular weight is 466 g/mol. The molecule has 0 saturated heterocycles. The highest BCUT2D eigenvalue weighted by Gasteiger charge is 2.36. The molecule has 1 aromatic rings. The van der Waals surface area contributed by atoms with E-state index in [0.717, 1.165) is 0 Å². The molecule has 0 amide bonds. The van der Waals surface area contributed by atoms with Crippen LogP contribution in [0.4, 0.5) is 0 Å². The normalized spacial score (nSPS) is 13.6. The van der Waals surface area contributed by atoms with Gasteiger partial charge in [-0.05, 0) is 23.6 Å². The number of carbonyl (C=O) groups is 4. The smallest absolute Gasteiger partial charge is 0.326 e. The van der Waals surface area contributed by atoms with Crippen LogP contribution in [-0.4, -0.2) is 43.1 Å². The Labute approximate surface area is 194 Å². The lowest BCUT2D eigenvalue weighted by molar-refractivity contribution is -0.153. The van der Waals surface area contributed by atoms with Gasteiger partial charge in [-0.1, -0.05) is 40.7 Å². The van der Waals surface area contributed by atoms with Gasteiger partial charge in [0.2, 0.25) is 0 Å². The Balaban J connectivity index is 3.10. The number of ether oxygens (including phenoxy) is 4. The number of rotatable bonds is 12. The number of esters is 4. The molecule has 0 aliphatic heterocycles. The van der Waals surface area contributed by atoms with Gasteiger partial charge in [-0.25, -0.2) is 0 Å². The number of nitrogens with two attached hydrogens (primary N) is 1. The highest BCUT2D eigenvalue weighted by atomic mass is 16.6. The zero-order chi connectivity index (χ0) is 25.2. The van der Waals surface area contributed by atoms with Crippen LogP contribution >= 0.6 is 0 Å². The van der Waals surface area contributed by atoms with Crippen molar-refractivity contribution < 1.29 is 38.1 Å². The predicted octanol–water partition coefficient (Wildman–Crippen LogP) is 2.96. The van der Waals surface area contributed by atoms with Crippen molar-refractivity contribution in [1.82, 2.24) is 0 Å². The highest BCUT2D eigenvalue weighted by Crippen LogP contribution is 2.31. The van der Waals surface area contributed by atoms with Crippen molar-refractivity contribution in [2.24, 2.45) is 17.6 Å². The van der Waals surface area contributed by atoms with Crippen molar-refractivity contribution >= 4 is 23.9 Å². The molecule has 1 aromatic carbocycles. The van der Waals surface area contributed by atoms with Gasteiger partial charge in [-0.2, -0.15) is 0 Å². The van der Waals surface area contributed by atoms with E-state index in [4.69, 9.17) is 24.7 Å². The van der Waals surface area contributed by atoms with Gasteiger partial charge in [0.25, 0.3) is 0 Å². The molecule has 33 heavy (non-hydrogen) atoms. The minimum atomic E-state index is -1.50. The topological polar surface area (TPSA) is 131 Å². The minimum absolute atomic E-state index is 0.00956. The van der Waals surface area contributed by atoms with Crippen LogP contribution in [0.25, 0.3) is 0 Å². The Hall–Kier alpha value is -2.94. The zero-order valence-corrected chi connectivity index (χ0v) is 20.3. The molecular weight excluding hydrogens is 430 g/mol. The number of hydrogen-bond donors (Lipinski definition) is 1. The summed E-state index contributed by atoms with van der Waals surface area (Å²) in [5.74, 6) is -2.09. The van der Waals surface area contributed by atoms with Gasteiger partial charge in [0.15, 0.2) is 11.5 Å². The van der Waals surface area contributed by atoms with E-state index in [1.54, 1.807) is 26.8 Å².